The van der Waals surface area contributed by atoms with E-state index in [4.69, 9.17) is 4.74 Å². The van der Waals surface area contributed by atoms with Gasteiger partial charge in [0, 0.05) is 6.42 Å². The molecule has 0 aromatic rings. The van der Waals surface area contributed by atoms with Gasteiger partial charge in [0.15, 0.2) is 0 Å². The Kier molecular flexibility index (Phi) is 37.5. The molecule has 0 N–H and O–H groups in total. The molecule has 0 aliphatic carbocycles. The predicted octanol–water partition coefficient (Wildman–Crippen LogP) is 14.4. The molecule has 2 nitrogen and oxygen atoms in total. The summed E-state index contributed by atoms with van der Waals surface area (Å²) in [5.74, 6) is 0.0191. The van der Waals surface area contributed by atoms with E-state index in [1.165, 1.54) is 199 Å². The highest BCUT2D eigenvalue weighted by Gasteiger charge is 2.02. The van der Waals surface area contributed by atoms with E-state index in [-0.39, 0.29) is 5.97 Å². The highest BCUT2D eigenvalue weighted by atomic mass is 16.5. The van der Waals surface area contributed by atoms with Crippen LogP contribution in [0.4, 0.5) is 0 Å². The number of allylic oxidation sites excluding steroid dienone is 2. The van der Waals surface area contributed by atoms with Crippen LogP contribution in [-0.2, 0) is 9.53 Å². The van der Waals surface area contributed by atoms with Crippen LogP contribution >= 0.6 is 0 Å². The van der Waals surface area contributed by atoms with Gasteiger partial charge in [0.2, 0.25) is 0 Å². The van der Waals surface area contributed by atoms with Gasteiger partial charge >= 0.3 is 5.97 Å². The fourth-order valence-corrected chi connectivity index (χ4v) is 5.96. The van der Waals surface area contributed by atoms with Crippen molar-refractivity contribution < 1.29 is 9.53 Å². The highest BCUT2D eigenvalue weighted by Crippen LogP contribution is 2.15. The van der Waals surface area contributed by atoms with Crippen LogP contribution in [0.25, 0.3) is 0 Å². The van der Waals surface area contributed by atoms with Crippen molar-refractivity contribution in [2.75, 3.05) is 6.61 Å². The van der Waals surface area contributed by atoms with Crippen molar-refractivity contribution >= 4 is 5.97 Å². The zero-order valence-electron chi connectivity index (χ0n) is 29.2. The molecule has 0 saturated carbocycles. The van der Waals surface area contributed by atoms with Crippen LogP contribution in [0.5, 0.6) is 0 Å². The van der Waals surface area contributed by atoms with Crippen molar-refractivity contribution in [1.82, 2.24) is 0 Å². The van der Waals surface area contributed by atoms with Crippen LogP contribution in [0.15, 0.2) is 12.2 Å². The molecule has 0 aromatic carbocycles. The van der Waals surface area contributed by atoms with Gasteiger partial charge in [-0.1, -0.05) is 199 Å². The van der Waals surface area contributed by atoms with E-state index in [1.54, 1.807) is 0 Å². The molecule has 0 aliphatic rings. The minimum atomic E-state index is 0.0191. The van der Waals surface area contributed by atoms with Crippen LogP contribution in [0, 0.1) is 0 Å². The molecule has 0 atom stereocenters. The summed E-state index contributed by atoms with van der Waals surface area (Å²) < 4.78 is 5.40. The van der Waals surface area contributed by atoms with Crippen LogP contribution < -0.4 is 0 Å². The zero-order valence-corrected chi connectivity index (χ0v) is 29.2. The molecule has 0 aromatic heterocycles. The summed E-state index contributed by atoms with van der Waals surface area (Å²) in [7, 11) is 0. The summed E-state index contributed by atoms with van der Waals surface area (Å²) in [4.78, 5) is 11.9. The van der Waals surface area contributed by atoms with E-state index in [1.807, 2.05) is 0 Å². The summed E-state index contributed by atoms with van der Waals surface area (Å²) in [5, 5.41) is 0. The second kappa shape index (κ2) is 38.2. The van der Waals surface area contributed by atoms with Gasteiger partial charge in [-0.3, -0.25) is 4.79 Å². The number of unbranched alkanes of at least 4 members (excludes halogenated alkanes) is 30. The van der Waals surface area contributed by atoms with Crippen molar-refractivity contribution in [2.45, 2.75) is 232 Å². The first-order valence-corrected chi connectivity index (χ1v) is 19.6. The summed E-state index contributed by atoms with van der Waals surface area (Å²) in [6.45, 7) is 5.19. The smallest absolute Gasteiger partial charge is 0.305 e. The maximum absolute atomic E-state index is 11.9. The summed E-state index contributed by atoms with van der Waals surface area (Å²) >= 11 is 0. The first kappa shape index (κ1) is 41.2. The lowest BCUT2D eigenvalue weighted by Crippen LogP contribution is -2.05. The Bertz CT molecular complexity index is 526. The van der Waals surface area contributed by atoms with E-state index in [2.05, 4.69) is 26.0 Å². The van der Waals surface area contributed by atoms with Crippen molar-refractivity contribution in [3.63, 3.8) is 0 Å². The Morgan fingerprint density at radius 1 is 0.381 bits per heavy atom. The van der Waals surface area contributed by atoms with Crippen LogP contribution in [0.3, 0.4) is 0 Å². The molecule has 42 heavy (non-hydrogen) atoms. The first-order valence-electron chi connectivity index (χ1n) is 19.6. The third kappa shape index (κ3) is 37.2. The fourth-order valence-electron chi connectivity index (χ4n) is 5.96. The molecule has 0 saturated heterocycles. The SMILES string of the molecule is CCCCCCCCCCCCCCCCC/C=C\CCCCCCCCCCC(=O)OCCCCCCCCCC. The highest BCUT2D eigenvalue weighted by molar-refractivity contribution is 5.69. The molecular formula is C40H78O2. The lowest BCUT2D eigenvalue weighted by molar-refractivity contribution is -0.143. The minimum Gasteiger partial charge on any atom is -0.466 e. The predicted molar refractivity (Wildman–Crippen MR) is 188 cm³/mol. The van der Waals surface area contributed by atoms with E-state index in [0.717, 1.165) is 12.8 Å². The van der Waals surface area contributed by atoms with Gasteiger partial charge < -0.3 is 4.74 Å². The molecule has 2 heteroatoms. The molecule has 0 bridgehead atoms. The Labute approximate surface area is 266 Å². The molecule has 0 spiro atoms. The van der Waals surface area contributed by atoms with E-state index >= 15 is 0 Å². The van der Waals surface area contributed by atoms with Gasteiger partial charge in [-0.15, -0.1) is 0 Å². The average Bonchev–Trinajstić information content (AvgIpc) is 3.00. The largest absolute Gasteiger partial charge is 0.466 e. The van der Waals surface area contributed by atoms with Crippen molar-refractivity contribution in [3.05, 3.63) is 12.2 Å². The number of ether oxygens (including phenoxy) is 1. The van der Waals surface area contributed by atoms with Crippen molar-refractivity contribution in [3.8, 4) is 0 Å². The Hall–Kier alpha value is -0.790. The lowest BCUT2D eigenvalue weighted by atomic mass is 10.0. The van der Waals surface area contributed by atoms with E-state index < -0.39 is 0 Å². The van der Waals surface area contributed by atoms with Crippen LogP contribution in [0.2, 0.25) is 0 Å². The minimum absolute atomic E-state index is 0.0191. The molecule has 0 heterocycles. The topological polar surface area (TPSA) is 26.3 Å². The normalized spacial score (nSPS) is 11.6. The number of carbonyl (C=O) groups excluding carboxylic acids is 1. The maximum Gasteiger partial charge on any atom is 0.305 e. The molecule has 0 radical (unpaired) electrons. The molecule has 0 fully saturated rings. The Balaban J connectivity index is 3.17. The van der Waals surface area contributed by atoms with Gasteiger partial charge in [-0.2, -0.15) is 0 Å². The average molecular weight is 591 g/mol. The Morgan fingerprint density at radius 2 is 0.667 bits per heavy atom. The van der Waals surface area contributed by atoms with Gasteiger partial charge in [0.1, 0.15) is 0 Å². The van der Waals surface area contributed by atoms with Gasteiger partial charge in [0.05, 0.1) is 6.61 Å². The van der Waals surface area contributed by atoms with Gasteiger partial charge in [0.25, 0.3) is 0 Å². The molecule has 0 aliphatic heterocycles. The van der Waals surface area contributed by atoms with Crippen molar-refractivity contribution in [2.24, 2.45) is 0 Å². The molecule has 0 rings (SSSR count). The number of hydrogen-bond acceptors (Lipinski definition) is 2. The Morgan fingerprint density at radius 3 is 1.02 bits per heavy atom. The van der Waals surface area contributed by atoms with E-state index in [0.29, 0.717) is 13.0 Å². The second-order valence-corrected chi connectivity index (χ2v) is 13.3. The summed E-state index contributed by atoms with van der Waals surface area (Å²) in [6, 6.07) is 0. The maximum atomic E-state index is 11.9. The molecule has 250 valence electrons. The summed E-state index contributed by atoms with van der Waals surface area (Å²) in [6.07, 6.45) is 50.2. The number of esters is 1. The van der Waals surface area contributed by atoms with Gasteiger partial charge in [-0.25, -0.2) is 0 Å². The quantitative estimate of drug-likeness (QED) is 0.0412. The number of hydrogen-bond donors (Lipinski definition) is 0. The molecule has 0 unspecified atom stereocenters. The zero-order chi connectivity index (χ0) is 30.4. The van der Waals surface area contributed by atoms with Crippen LogP contribution in [0.1, 0.15) is 232 Å². The molecule has 0 amide bonds. The van der Waals surface area contributed by atoms with Crippen LogP contribution in [-0.4, -0.2) is 12.6 Å². The third-order valence-corrected chi connectivity index (χ3v) is 8.90. The van der Waals surface area contributed by atoms with Gasteiger partial charge in [-0.05, 0) is 38.5 Å². The lowest BCUT2D eigenvalue weighted by Gasteiger charge is -2.05. The third-order valence-electron chi connectivity index (χ3n) is 8.90. The van der Waals surface area contributed by atoms with Crippen molar-refractivity contribution in [1.29, 1.82) is 0 Å². The van der Waals surface area contributed by atoms with E-state index in [9.17, 15) is 4.79 Å². The number of carbonyl (C=O) groups is 1. The summed E-state index contributed by atoms with van der Waals surface area (Å²) in [5.41, 5.74) is 0. The first-order chi connectivity index (χ1) is 20.8. The fraction of sp³-hybridized carbons (Fsp3) is 0.925. The molecular weight excluding hydrogens is 512 g/mol. The standard InChI is InChI=1S/C40H78O2/c1-3-5-7-9-11-13-14-15-16-17-18-19-20-21-22-23-24-25-26-27-28-29-30-31-32-34-36-38-40(41)42-39-37-35-33-12-10-8-6-4-2/h24-25H,3-23,26-39H2,1-2H3/b25-24-. The second-order valence-electron chi connectivity index (χ2n) is 13.3. The number of rotatable bonds is 36. The monoisotopic (exact) mass is 591 g/mol.